The van der Waals surface area contributed by atoms with Crippen molar-refractivity contribution in [3.63, 3.8) is 0 Å². The smallest absolute Gasteiger partial charge is 0.191 e. The van der Waals surface area contributed by atoms with Crippen LogP contribution in [0, 0.1) is 6.92 Å². The topological polar surface area (TPSA) is 52.6 Å². The fourth-order valence-electron chi connectivity index (χ4n) is 3.85. The highest BCUT2D eigenvalue weighted by Crippen LogP contribution is 2.23. The lowest BCUT2D eigenvalue weighted by molar-refractivity contribution is 0.184. The molecule has 7 heteroatoms. The first-order chi connectivity index (χ1) is 13.7. The van der Waals surface area contributed by atoms with Gasteiger partial charge in [-0.15, -0.1) is 35.3 Å². The molecule has 1 aromatic carbocycles. The predicted octanol–water partition coefficient (Wildman–Crippen LogP) is 4.70. The van der Waals surface area contributed by atoms with Gasteiger partial charge in [0, 0.05) is 37.3 Å². The molecule has 1 aromatic heterocycles. The zero-order chi connectivity index (χ0) is 19.8. The molecule has 29 heavy (non-hydrogen) atoms. The number of aryl methyl sites for hydroxylation is 1. The molecule has 0 aliphatic heterocycles. The van der Waals surface area contributed by atoms with Crippen molar-refractivity contribution >= 4 is 41.3 Å². The Bertz CT molecular complexity index is 770. The third-order valence-electron chi connectivity index (χ3n) is 5.48. The Balaban J connectivity index is 0.00000300. The molecule has 0 saturated heterocycles. The van der Waals surface area contributed by atoms with Crippen LogP contribution in [0.3, 0.4) is 0 Å². The minimum atomic E-state index is 0. The zero-order valence-corrected chi connectivity index (χ0v) is 20.9. The van der Waals surface area contributed by atoms with E-state index in [-0.39, 0.29) is 24.0 Å². The van der Waals surface area contributed by atoms with Crippen LogP contribution in [0.2, 0.25) is 0 Å². The molecule has 0 bridgehead atoms. The molecule has 5 nitrogen and oxygen atoms in total. The van der Waals surface area contributed by atoms with Crippen LogP contribution in [-0.2, 0) is 19.6 Å². The summed E-state index contributed by atoms with van der Waals surface area (Å²) in [6, 6.07) is 9.46. The van der Waals surface area contributed by atoms with Crippen LogP contribution in [-0.4, -0.2) is 36.0 Å². The van der Waals surface area contributed by atoms with Crippen molar-refractivity contribution in [2.24, 2.45) is 4.99 Å². The molecule has 3 rings (SSSR count). The van der Waals surface area contributed by atoms with E-state index in [1.54, 1.807) is 11.3 Å². The molecule has 0 atom stereocenters. The number of nitrogens with one attached hydrogen (secondary N) is 2. The minimum absolute atomic E-state index is 0. The standard InChI is InChI=1S/C22H33N5S.HI/c1-17-13-24-21(28-17)15-26-22(23-2)25-14-18-9-7-8-10-19(18)16-27(3)20-11-5-4-6-12-20;/h7-10,13,20H,4-6,11-12,14-16H2,1-3H3,(H2,23,25,26);1H. The average molecular weight is 528 g/mol. The maximum absolute atomic E-state index is 4.40. The molecule has 1 aliphatic carbocycles. The lowest BCUT2D eigenvalue weighted by atomic mass is 9.94. The van der Waals surface area contributed by atoms with E-state index in [1.165, 1.54) is 48.1 Å². The fourth-order valence-corrected chi connectivity index (χ4v) is 4.57. The monoisotopic (exact) mass is 527 g/mol. The summed E-state index contributed by atoms with van der Waals surface area (Å²) in [5, 5.41) is 7.89. The Morgan fingerprint density at radius 1 is 1.14 bits per heavy atom. The van der Waals surface area contributed by atoms with Crippen molar-refractivity contribution in [3.8, 4) is 0 Å². The first-order valence-electron chi connectivity index (χ1n) is 10.3. The van der Waals surface area contributed by atoms with Crippen LogP contribution in [0.15, 0.2) is 35.5 Å². The van der Waals surface area contributed by atoms with Crippen LogP contribution in [0.4, 0.5) is 0 Å². The summed E-state index contributed by atoms with van der Waals surface area (Å²) in [6.07, 6.45) is 8.74. The fraction of sp³-hybridized carbons (Fsp3) is 0.545. The highest BCUT2D eigenvalue weighted by atomic mass is 127. The zero-order valence-electron chi connectivity index (χ0n) is 17.8. The van der Waals surface area contributed by atoms with Gasteiger partial charge in [-0.1, -0.05) is 43.5 Å². The molecule has 0 amide bonds. The summed E-state index contributed by atoms with van der Waals surface area (Å²) in [7, 11) is 4.09. The Morgan fingerprint density at radius 3 is 2.48 bits per heavy atom. The Hall–Kier alpha value is -1.19. The highest BCUT2D eigenvalue weighted by molar-refractivity contribution is 14.0. The van der Waals surface area contributed by atoms with E-state index in [2.05, 4.69) is 63.7 Å². The highest BCUT2D eigenvalue weighted by Gasteiger charge is 2.18. The molecule has 0 radical (unpaired) electrons. The van der Waals surface area contributed by atoms with Gasteiger partial charge in [-0.05, 0) is 37.9 Å². The summed E-state index contributed by atoms with van der Waals surface area (Å²) < 4.78 is 0. The summed E-state index contributed by atoms with van der Waals surface area (Å²) in [4.78, 5) is 12.5. The number of thiazole rings is 1. The first kappa shape index (κ1) is 24.1. The molecule has 2 aromatic rings. The second-order valence-corrected chi connectivity index (χ2v) is 8.94. The van der Waals surface area contributed by atoms with Crippen molar-refractivity contribution in [2.75, 3.05) is 14.1 Å². The van der Waals surface area contributed by atoms with E-state index in [0.717, 1.165) is 30.1 Å². The SMILES string of the molecule is CN=C(NCc1ncc(C)s1)NCc1ccccc1CN(C)C1CCCCC1.I. The largest absolute Gasteiger partial charge is 0.352 e. The summed E-state index contributed by atoms with van der Waals surface area (Å²) >= 11 is 1.72. The van der Waals surface area contributed by atoms with Crippen molar-refractivity contribution in [2.45, 2.75) is 64.7 Å². The van der Waals surface area contributed by atoms with Gasteiger partial charge in [-0.2, -0.15) is 0 Å². The summed E-state index contributed by atoms with van der Waals surface area (Å²) in [6.45, 7) is 4.55. The normalized spacial score (nSPS) is 15.2. The molecule has 1 heterocycles. The number of benzene rings is 1. The van der Waals surface area contributed by atoms with E-state index >= 15 is 0 Å². The second-order valence-electron chi connectivity index (χ2n) is 7.62. The number of nitrogens with zero attached hydrogens (tertiary/aromatic N) is 3. The number of hydrogen-bond donors (Lipinski definition) is 2. The Labute approximate surface area is 196 Å². The molecule has 1 fully saturated rings. The van der Waals surface area contributed by atoms with Crippen molar-refractivity contribution in [1.82, 2.24) is 20.5 Å². The molecule has 0 unspecified atom stereocenters. The van der Waals surface area contributed by atoms with Crippen molar-refractivity contribution in [3.05, 3.63) is 51.5 Å². The third kappa shape index (κ3) is 7.53. The molecule has 160 valence electrons. The van der Waals surface area contributed by atoms with E-state index < -0.39 is 0 Å². The maximum atomic E-state index is 4.40. The number of guanidine groups is 1. The van der Waals surface area contributed by atoms with Crippen LogP contribution in [0.1, 0.15) is 53.1 Å². The van der Waals surface area contributed by atoms with Gasteiger partial charge in [-0.25, -0.2) is 4.98 Å². The lowest BCUT2D eigenvalue weighted by Crippen LogP contribution is -2.37. The van der Waals surface area contributed by atoms with Gasteiger partial charge in [0.25, 0.3) is 0 Å². The summed E-state index contributed by atoms with van der Waals surface area (Å²) in [5.41, 5.74) is 2.73. The van der Waals surface area contributed by atoms with Gasteiger partial charge in [0.15, 0.2) is 5.96 Å². The van der Waals surface area contributed by atoms with Crippen LogP contribution in [0.25, 0.3) is 0 Å². The van der Waals surface area contributed by atoms with E-state index in [9.17, 15) is 0 Å². The van der Waals surface area contributed by atoms with Gasteiger partial charge >= 0.3 is 0 Å². The van der Waals surface area contributed by atoms with Gasteiger partial charge in [0.05, 0.1) is 6.54 Å². The number of rotatable bonds is 7. The van der Waals surface area contributed by atoms with Crippen LogP contribution in [0.5, 0.6) is 0 Å². The Morgan fingerprint density at radius 2 is 1.83 bits per heavy atom. The second kappa shape index (κ2) is 12.5. The van der Waals surface area contributed by atoms with E-state index in [0.29, 0.717) is 6.54 Å². The van der Waals surface area contributed by atoms with Gasteiger partial charge in [-0.3, -0.25) is 9.89 Å². The van der Waals surface area contributed by atoms with E-state index in [1.807, 2.05) is 13.2 Å². The first-order valence-corrected chi connectivity index (χ1v) is 11.1. The van der Waals surface area contributed by atoms with Gasteiger partial charge < -0.3 is 10.6 Å². The average Bonchev–Trinajstić information content (AvgIpc) is 3.15. The summed E-state index contributed by atoms with van der Waals surface area (Å²) in [5.74, 6) is 0.809. The Kier molecular flexibility index (Phi) is 10.4. The number of halogens is 1. The molecular weight excluding hydrogens is 493 g/mol. The molecular formula is C22H34IN5S. The number of aliphatic imine (C=N–C) groups is 1. The van der Waals surface area contributed by atoms with Crippen LogP contribution >= 0.6 is 35.3 Å². The van der Waals surface area contributed by atoms with E-state index in [4.69, 9.17) is 0 Å². The van der Waals surface area contributed by atoms with Crippen LogP contribution < -0.4 is 10.6 Å². The molecule has 1 saturated carbocycles. The van der Waals surface area contributed by atoms with Gasteiger partial charge in [0.1, 0.15) is 5.01 Å². The van der Waals surface area contributed by atoms with Crippen molar-refractivity contribution < 1.29 is 0 Å². The maximum Gasteiger partial charge on any atom is 0.191 e. The number of aromatic nitrogens is 1. The van der Waals surface area contributed by atoms with Crippen molar-refractivity contribution in [1.29, 1.82) is 0 Å². The molecule has 0 spiro atoms. The van der Waals surface area contributed by atoms with Gasteiger partial charge in [0.2, 0.25) is 0 Å². The molecule has 1 aliphatic rings. The quantitative estimate of drug-likeness (QED) is 0.312. The third-order valence-corrected chi connectivity index (χ3v) is 6.40. The number of hydrogen-bond acceptors (Lipinski definition) is 4. The lowest BCUT2D eigenvalue weighted by Gasteiger charge is -2.31. The predicted molar refractivity (Wildman–Crippen MR) is 134 cm³/mol. The minimum Gasteiger partial charge on any atom is -0.352 e. The molecule has 2 N–H and O–H groups in total.